The van der Waals surface area contributed by atoms with E-state index in [1.54, 1.807) is 0 Å². The molecular formula is C51H38N4. The number of nitrogens with zero attached hydrogens (tertiary/aromatic N) is 2. The molecule has 0 saturated heterocycles. The fourth-order valence-electron chi connectivity index (χ4n) is 7.28. The van der Waals surface area contributed by atoms with Crippen molar-refractivity contribution in [1.82, 2.24) is 15.3 Å². The normalized spacial score (nSPS) is 13.6. The molecule has 1 aliphatic heterocycles. The van der Waals surface area contributed by atoms with Gasteiger partial charge in [0.05, 0.1) is 23.1 Å². The van der Waals surface area contributed by atoms with E-state index in [2.05, 4.69) is 145 Å². The van der Waals surface area contributed by atoms with Crippen molar-refractivity contribution in [1.29, 1.82) is 0 Å². The van der Waals surface area contributed by atoms with E-state index >= 15 is 0 Å². The lowest BCUT2D eigenvalue weighted by Crippen LogP contribution is -2.22. The van der Waals surface area contributed by atoms with Crippen molar-refractivity contribution in [3.8, 4) is 45.0 Å². The van der Waals surface area contributed by atoms with Crippen molar-refractivity contribution in [2.24, 2.45) is 5.73 Å². The van der Waals surface area contributed by atoms with Gasteiger partial charge in [-0.1, -0.05) is 188 Å². The molecule has 9 rings (SSSR count). The summed E-state index contributed by atoms with van der Waals surface area (Å²) >= 11 is 0. The lowest BCUT2D eigenvalue weighted by molar-refractivity contribution is 0.928. The standard InChI is InChI=1S/C51H38N4/c52-49(40-22-12-4-13-23-40)48(39-20-10-3-11-21-39)50-44-32-42(30-31-43(44)33-45(53-50)36-16-6-1-7-17-36)35-26-28-38(29-27-35)47-34-46(37-18-8-2-9-19-37)54-51(55-47)41-24-14-5-15-25-41/h1-34,49,53H,52H2/b50-48-. The van der Waals surface area contributed by atoms with Gasteiger partial charge in [0, 0.05) is 33.5 Å². The van der Waals surface area contributed by atoms with E-state index in [-0.39, 0.29) is 6.04 Å². The molecule has 0 spiro atoms. The number of rotatable bonds is 8. The first-order valence-corrected chi connectivity index (χ1v) is 18.6. The molecule has 1 atom stereocenters. The molecule has 8 aromatic rings. The number of nitrogens with one attached hydrogen (secondary N) is 1. The van der Waals surface area contributed by atoms with Crippen LogP contribution in [0.15, 0.2) is 200 Å². The lowest BCUT2D eigenvalue weighted by atomic mass is 9.85. The Kier molecular flexibility index (Phi) is 9.23. The van der Waals surface area contributed by atoms with Gasteiger partial charge in [-0.2, -0.15) is 0 Å². The van der Waals surface area contributed by atoms with E-state index in [1.165, 1.54) is 0 Å². The van der Waals surface area contributed by atoms with Crippen molar-refractivity contribution < 1.29 is 0 Å². The number of aromatic nitrogens is 2. The first kappa shape index (κ1) is 33.7. The third-order valence-corrected chi connectivity index (χ3v) is 10.1. The van der Waals surface area contributed by atoms with Gasteiger partial charge in [0.1, 0.15) is 0 Å². The molecule has 2 heterocycles. The first-order chi connectivity index (χ1) is 27.2. The molecule has 0 aliphatic carbocycles. The molecule has 0 bridgehead atoms. The van der Waals surface area contributed by atoms with Crippen LogP contribution in [0.25, 0.3) is 68.1 Å². The zero-order chi connectivity index (χ0) is 37.0. The Labute approximate surface area is 322 Å². The Morgan fingerprint density at radius 1 is 0.455 bits per heavy atom. The number of fused-ring (bicyclic) bond motifs is 1. The molecule has 3 N–H and O–H groups in total. The van der Waals surface area contributed by atoms with Gasteiger partial charge in [0.25, 0.3) is 0 Å². The smallest absolute Gasteiger partial charge is 0.160 e. The Bertz CT molecular complexity index is 2580. The molecule has 0 fully saturated rings. The van der Waals surface area contributed by atoms with Gasteiger partial charge in [0.15, 0.2) is 5.82 Å². The van der Waals surface area contributed by atoms with Gasteiger partial charge >= 0.3 is 0 Å². The van der Waals surface area contributed by atoms with Crippen LogP contribution in [0.5, 0.6) is 0 Å². The molecule has 4 nitrogen and oxygen atoms in total. The predicted octanol–water partition coefficient (Wildman–Crippen LogP) is 11.8. The van der Waals surface area contributed by atoms with E-state index in [9.17, 15) is 0 Å². The molecule has 1 unspecified atom stereocenters. The summed E-state index contributed by atoms with van der Waals surface area (Å²) in [6, 6.07) is 68.9. The second kappa shape index (κ2) is 15.1. The van der Waals surface area contributed by atoms with Crippen molar-refractivity contribution >= 4 is 23.0 Å². The maximum absolute atomic E-state index is 7.23. The van der Waals surface area contributed by atoms with Crippen molar-refractivity contribution in [2.45, 2.75) is 6.04 Å². The summed E-state index contributed by atoms with van der Waals surface area (Å²) < 4.78 is 0. The van der Waals surface area contributed by atoms with Crippen LogP contribution in [0.2, 0.25) is 0 Å². The summed E-state index contributed by atoms with van der Waals surface area (Å²) in [5.41, 5.74) is 22.8. The van der Waals surface area contributed by atoms with E-state index < -0.39 is 0 Å². The molecule has 55 heavy (non-hydrogen) atoms. The maximum Gasteiger partial charge on any atom is 0.160 e. The van der Waals surface area contributed by atoms with Crippen LogP contribution in [0.3, 0.4) is 0 Å². The summed E-state index contributed by atoms with van der Waals surface area (Å²) in [5, 5.41) is 3.87. The minimum absolute atomic E-state index is 0.369. The minimum atomic E-state index is -0.369. The topological polar surface area (TPSA) is 63.8 Å². The molecule has 1 aliphatic rings. The van der Waals surface area contributed by atoms with Crippen LogP contribution in [0, 0.1) is 0 Å². The average Bonchev–Trinajstić information content (AvgIpc) is 3.27. The predicted molar refractivity (Wildman–Crippen MR) is 228 cm³/mol. The third-order valence-electron chi connectivity index (χ3n) is 10.1. The molecule has 0 radical (unpaired) electrons. The van der Waals surface area contributed by atoms with Crippen molar-refractivity contribution in [3.63, 3.8) is 0 Å². The minimum Gasteiger partial charge on any atom is -0.354 e. The number of benzene rings is 7. The second-order valence-corrected chi connectivity index (χ2v) is 13.7. The highest BCUT2D eigenvalue weighted by atomic mass is 14.9. The highest BCUT2D eigenvalue weighted by Crippen LogP contribution is 2.41. The SMILES string of the molecule is NC(/C(=C1\NC(c2ccccc2)=Cc2ccc(-c3ccc(-c4cc(-c5ccccc5)nc(-c5ccccc5)n4)cc3)cc21)c1ccccc1)c1ccccc1. The van der Waals surface area contributed by atoms with Crippen molar-refractivity contribution in [3.05, 3.63) is 228 Å². The number of nitrogens with two attached hydrogens (primary N) is 1. The highest BCUT2D eigenvalue weighted by Gasteiger charge is 2.25. The average molecular weight is 707 g/mol. The van der Waals surface area contributed by atoms with E-state index in [1.807, 2.05) is 66.7 Å². The van der Waals surface area contributed by atoms with Gasteiger partial charge in [-0.3, -0.25) is 0 Å². The van der Waals surface area contributed by atoms with Crippen LogP contribution in [0.4, 0.5) is 0 Å². The monoisotopic (exact) mass is 706 g/mol. The summed E-state index contributed by atoms with van der Waals surface area (Å²) in [6.07, 6.45) is 2.24. The molecule has 0 saturated carbocycles. The summed E-state index contributed by atoms with van der Waals surface area (Å²) in [4.78, 5) is 10.0. The molecule has 1 aromatic heterocycles. The Morgan fingerprint density at radius 3 is 1.56 bits per heavy atom. The molecule has 262 valence electrons. The van der Waals surface area contributed by atoms with Crippen LogP contribution < -0.4 is 11.1 Å². The maximum atomic E-state index is 7.23. The van der Waals surface area contributed by atoms with E-state index in [0.717, 1.165) is 84.0 Å². The molecule has 4 heteroatoms. The Morgan fingerprint density at radius 2 is 0.945 bits per heavy atom. The molecular weight excluding hydrogens is 669 g/mol. The summed E-state index contributed by atoms with van der Waals surface area (Å²) in [6.45, 7) is 0. The molecule has 7 aromatic carbocycles. The fourth-order valence-corrected chi connectivity index (χ4v) is 7.28. The van der Waals surface area contributed by atoms with Crippen LogP contribution in [-0.2, 0) is 0 Å². The number of hydrogen-bond acceptors (Lipinski definition) is 4. The van der Waals surface area contributed by atoms with Gasteiger partial charge in [-0.05, 0) is 51.6 Å². The lowest BCUT2D eigenvalue weighted by Gasteiger charge is -2.29. The van der Waals surface area contributed by atoms with Crippen LogP contribution in [-0.4, -0.2) is 9.97 Å². The van der Waals surface area contributed by atoms with E-state index in [0.29, 0.717) is 5.82 Å². The Balaban J connectivity index is 1.16. The Hall–Kier alpha value is -7.14. The summed E-state index contributed by atoms with van der Waals surface area (Å²) in [7, 11) is 0. The fraction of sp³-hybridized carbons (Fsp3) is 0.0196. The third kappa shape index (κ3) is 7.03. The quantitative estimate of drug-likeness (QED) is 0.165. The van der Waals surface area contributed by atoms with Crippen molar-refractivity contribution in [2.75, 3.05) is 0 Å². The van der Waals surface area contributed by atoms with Crippen LogP contribution in [0.1, 0.15) is 33.9 Å². The largest absolute Gasteiger partial charge is 0.354 e. The second-order valence-electron chi connectivity index (χ2n) is 13.7. The van der Waals surface area contributed by atoms with Gasteiger partial charge in [0.2, 0.25) is 0 Å². The number of hydrogen-bond donors (Lipinski definition) is 2. The highest BCUT2D eigenvalue weighted by molar-refractivity contribution is 6.03. The zero-order valence-electron chi connectivity index (χ0n) is 30.2. The van der Waals surface area contributed by atoms with Gasteiger partial charge in [-0.15, -0.1) is 0 Å². The van der Waals surface area contributed by atoms with Gasteiger partial charge < -0.3 is 11.1 Å². The first-order valence-electron chi connectivity index (χ1n) is 18.6. The van der Waals surface area contributed by atoms with E-state index in [4.69, 9.17) is 15.7 Å². The zero-order valence-corrected chi connectivity index (χ0v) is 30.2. The van der Waals surface area contributed by atoms with Gasteiger partial charge in [-0.25, -0.2) is 9.97 Å². The summed E-state index contributed by atoms with van der Waals surface area (Å²) in [5.74, 6) is 0.702. The molecule has 0 amide bonds. The van der Waals surface area contributed by atoms with Crippen LogP contribution >= 0.6 is 0 Å².